The lowest BCUT2D eigenvalue weighted by Crippen LogP contribution is -1.86. The van der Waals surface area contributed by atoms with Gasteiger partial charge in [-0.2, -0.15) is 0 Å². The van der Waals surface area contributed by atoms with E-state index < -0.39 is 0 Å². The number of rotatable bonds is 3. The molecule has 1 rings (SSSR count). The molecule has 0 bridgehead atoms. The summed E-state index contributed by atoms with van der Waals surface area (Å²) in [7, 11) is 0. The number of terminal acetylenes is 1. The Bertz CT molecular complexity index is 344. The Hall–Kier alpha value is -1.34. The molecule has 0 unspecified atom stereocenters. The second-order valence-electron chi connectivity index (χ2n) is 2.15. The van der Waals surface area contributed by atoms with Crippen LogP contribution in [0.3, 0.4) is 0 Å². The molecule has 0 spiro atoms. The van der Waals surface area contributed by atoms with E-state index in [1.165, 1.54) is 0 Å². The largest absolute Gasteiger partial charge is 0.383 e. The normalized spacial score (nSPS) is 9.85. The lowest BCUT2D eigenvalue weighted by atomic mass is 10.3. The molecule has 0 saturated carbocycles. The highest BCUT2D eigenvalue weighted by Gasteiger charge is 1.89. The van der Waals surface area contributed by atoms with Crippen molar-refractivity contribution in [2.45, 2.75) is 0 Å². The third-order valence-corrected chi connectivity index (χ3v) is 1.58. The van der Waals surface area contributed by atoms with Gasteiger partial charge >= 0.3 is 0 Å². The fourth-order valence-electron chi connectivity index (χ4n) is 0.672. The van der Waals surface area contributed by atoms with Gasteiger partial charge in [-0.15, -0.1) is 6.42 Å². The van der Waals surface area contributed by atoms with Gasteiger partial charge in [0.2, 0.25) is 0 Å². The van der Waals surface area contributed by atoms with Crippen LogP contribution >= 0.6 is 15.9 Å². The van der Waals surface area contributed by atoms with Crippen LogP contribution in [0.15, 0.2) is 28.1 Å². The quantitative estimate of drug-likeness (QED) is 0.349. The summed E-state index contributed by atoms with van der Waals surface area (Å²) in [5.74, 6) is 2.30. The molecule has 0 atom stereocenters. The van der Waals surface area contributed by atoms with Crippen LogP contribution < -0.4 is 0 Å². The van der Waals surface area contributed by atoms with Crippen LogP contribution in [0.5, 0.6) is 0 Å². The first-order chi connectivity index (χ1) is 6.33. The second-order valence-corrected chi connectivity index (χ2v) is 3.06. The molecule has 0 aliphatic carbocycles. The number of nitrogens with zero attached hydrogens (tertiary/aromatic N) is 2. The maximum absolute atomic E-state index is 4.96. The van der Waals surface area contributed by atoms with Crippen molar-refractivity contribution >= 4 is 22.1 Å². The molecule has 1 aromatic rings. The average Bonchev–Trinajstić information content (AvgIpc) is 2.13. The second kappa shape index (κ2) is 5.33. The van der Waals surface area contributed by atoms with Gasteiger partial charge in [-0.1, -0.05) is 11.1 Å². The molecule has 1 aromatic heterocycles. The van der Waals surface area contributed by atoms with Gasteiger partial charge in [0.1, 0.15) is 0 Å². The number of pyridine rings is 1. The zero-order chi connectivity index (χ0) is 9.52. The lowest BCUT2D eigenvalue weighted by Gasteiger charge is -1.93. The molecular formula is C9H7BrN2O. The monoisotopic (exact) mass is 238 g/mol. The van der Waals surface area contributed by atoms with Crippen LogP contribution in [-0.2, 0) is 4.84 Å². The van der Waals surface area contributed by atoms with E-state index in [1.54, 1.807) is 18.6 Å². The Balaban J connectivity index is 2.54. The van der Waals surface area contributed by atoms with Crippen LogP contribution in [0.1, 0.15) is 5.56 Å². The first kappa shape index (κ1) is 9.75. The molecule has 0 radical (unpaired) electrons. The molecule has 3 nitrogen and oxygen atoms in total. The minimum Gasteiger partial charge on any atom is -0.383 e. The standard InChI is InChI=1S/C9H7BrN2O/c1-2-3-13-12-6-8-4-9(10)7-11-5-8/h1,4-7H,3H2/b12-6+. The summed E-state index contributed by atoms with van der Waals surface area (Å²) < 4.78 is 0.897. The maximum Gasteiger partial charge on any atom is 0.177 e. The van der Waals surface area contributed by atoms with Crippen LogP contribution in [0.25, 0.3) is 0 Å². The highest BCUT2D eigenvalue weighted by molar-refractivity contribution is 9.10. The van der Waals surface area contributed by atoms with Gasteiger partial charge in [0, 0.05) is 22.4 Å². The summed E-state index contributed by atoms with van der Waals surface area (Å²) >= 11 is 3.29. The van der Waals surface area contributed by atoms with Crippen molar-refractivity contribution in [1.29, 1.82) is 0 Å². The summed E-state index contributed by atoms with van der Waals surface area (Å²) in [5.41, 5.74) is 0.853. The van der Waals surface area contributed by atoms with E-state index in [1.807, 2.05) is 6.07 Å². The molecule has 13 heavy (non-hydrogen) atoms. The van der Waals surface area contributed by atoms with Gasteiger partial charge in [-0.05, 0) is 22.0 Å². The van der Waals surface area contributed by atoms with Crippen molar-refractivity contribution < 1.29 is 4.84 Å². The van der Waals surface area contributed by atoms with Crippen molar-refractivity contribution in [2.24, 2.45) is 5.16 Å². The van der Waals surface area contributed by atoms with Gasteiger partial charge in [-0.3, -0.25) is 4.98 Å². The van der Waals surface area contributed by atoms with E-state index >= 15 is 0 Å². The number of oxime groups is 1. The van der Waals surface area contributed by atoms with Crippen molar-refractivity contribution in [3.63, 3.8) is 0 Å². The smallest absolute Gasteiger partial charge is 0.177 e. The van der Waals surface area contributed by atoms with Gasteiger partial charge in [0.05, 0.1) is 6.21 Å². The Morgan fingerprint density at radius 2 is 2.54 bits per heavy atom. The molecule has 66 valence electrons. The zero-order valence-electron chi connectivity index (χ0n) is 6.77. The molecule has 0 amide bonds. The molecule has 0 N–H and O–H groups in total. The minimum atomic E-state index is 0.179. The third-order valence-electron chi connectivity index (χ3n) is 1.15. The van der Waals surface area contributed by atoms with Gasteiger partial charge in [0.15, 0.2) is 6.61 Å². The summed E-state index contributed by atoms with van der Waals surface area (Å²) in [6, 6.07) is 1.87. The number of aromatic nitrogens is 1. The summed E-state index contributed by atoms with van der Waals surface area (Å²) in [6.07, 6.45) is 9.88. The van der Waals surface area contributed by atoms with E-state index in [0.717, 1.165) is 10.0 Å². The van der Waals surface area contributed by atoms with Crippen LogP contribution in [0, 0.1) is 12.3 Å². The van der Waals surface area contributed by atoms with Crippen LogP contribution in [-0.4, -0.2) is 17.8 Å². The number of hydrogen-bond donors (Lipinski definition) is 0. The van der Waals surface area contributed by atoms with Crippen LogP contribution in [0.2, 0.25) is 0 Å². The summed E-state index contributed by atoms with van der Waals surface area (Å²) in [4.78, 5) is 8.67. The lowest BCUT2D eigenvalue weighted by molar-refractivity contribution is 0.181. The topological polar surface area (TPSA) is 34.5 Å². The minimum absolute atomic E-state index is 0.179. The molecule has 0 fully saturated rings. The van der Waals surface area contributed by atoms with Crippen molar-refractivity contribution in [3.8, 4) is 12.3 Å². The Morgan fingerprint density at radius 3 is 3.23 bits per heavy atom. The predicted molar refractivity (Wildman–Crippen MR) is 54.3 cm³/mol. The third kappa shape index (κ3) is 3.72. The SMILES string of the molecule is C#CCO/N=C/c1cncc(Br)c1. The van der Waals surface area contributed by atoms with Gasteiger partial charge < -0.3 is 4.84 Å². The first-order valence-corrected chi connectivity index (χ1v) is 4.31. The fraction of sp³-hybridized carbons (Fsp3) is 0.111. The van der Waals surface area contributed by atoms with E-state index in [4.69, 9.17) is 11.3 Å². The summed E-state index contributed by atoms with van der Waals surface area (Å²) in [5, 5.41) is 3.64. The first-order valence-electron chi connectivity index (χ1n) is 3.52. The van der Waals surface area contributed by atoms with Gasteiger partial charge in [-0.25, -0.2) is 0 Å². The Morgan fingerprint density at radius 1 is 1.69 bits per heavy atom. The van der Waals surface area contributed by atoms with E-state index in [0.29, 0.717) is 0 Å². The fourth-order valence-corrected chi connectivity index (χ4v) is 1.05. The molecule has 0 aromatic carbocycles. The average molecular weight is 239 g/mol. The highest BCUT2D eigenvalue weighted by Crippen LogP contribution is 2.07. The van der Waals surface area contributed by atoms with Crippen molar-refractivity contribution in [2.75, 3.05) is 6.61 Å². The molecule has 0 aliphatic heterocycles. The molecular weight excluding hydrogens is 232 g/mol. The molecule has 0 aliphatic rings. The predicted octanol–water partition coefficient (Wildman–Crippen LogP) is 1.83. The van der Waals surface area contributed by atoms with E-state index in [-0.39, 0.29) is 6.61 Å². The molecule has 4 heteroatoms. The van der Waals surface area contributed by atoms with E-state index in [2.05, 4.69) is 32.0 Å². The Kier molecular flexibility index (Phi) is 4.00. The molecule has 1 heterocycles. The maximum atomic E-state index is 4.96. The Labute approximate surface area is 84.9 Å². The number of hydrogen-bond acceptors (Lipinski definition) is 3. The summed E-state index contributed by atoms with van der Waals surface area (Å²) in [6.45, 7) is 0.179. The van der Waals surface area contributed by atoms with Crippen LogP contribution in [0.4, 0.5) is 0 Å². The van der Waals surface area contributed by atoms with Gasteiger partial charge in [0.25, 0.3) is 0 Å². The van der Waals surface area contributed by atoms with Crippen molar-refractivity contribution in [3.05, 3.63) is 28.5 Å². The zero-order valence-corrected chi connectivity index (χ0v) is 8.36. The van der Waals surface area contributed by atoms with Crippen molar-refractivity contribution in [1.82, 2.24) is 4.98 Å². The highest BCUT2D eigenvalue weighted by atomic mass is 79.9. The van der Waals surface area contributed by atoms with E-state index in [9.17, 15) is 0 Å². The molecule has 0 saturated heterocycles. The number of halogens is 1.